The molecule has 0 saturated carbocycles. The SMILES string of the molecule is CC(C)(C)OC(=O)Nc1ccsc1CN1CCCN(C=O)CC1. The summed E-state index contributed by atoms with van der Waals surface area (Å²) >= 11 is 1.62. The topological polar surface area (TPSA) is 61.9 Å². The van der Waals surface area contributed by atoms with Gasteiger partial charge in [0.15, 0.2) is 0 Å². The molecule has 0 aromatic carbocycles. The van der Waals surface area contributed by atoms with Gasteiger partial charge in [0, 0.05) is 37.6 Å². The van der Waals surface area contributed by atoms with E-state index >= 15 is 0 Å². The van der Waals surface area contributed by atoms with Gasteiger partial charge in [0.1, 0.15) is 5.60 Å². The van der Waals surface area contributed by atoms with Crippen LogP contribution >= 0.6 is 11.3 Å². The minimum absolute atomic E-state index is 0.430. The second-order valence-corrected chi connectivity index (χ2v) is 7.66. The van der Waals surface area contributed by atoms with Crippen LogP contribution in [0.25, 0.3) is 0 Å². The number of thiophene rings is 1. The first-order valence-corrected chi connectivity index (χ1v) is 8.73. The molecule has 6 nitrogen and oxygen atoms in total. The molecule has 7 heteroatoms. The van der Waals surface area contributed by atoms with E-state index in [9.17, 15) is 9.59 Å². The van der Waals surface area contributed by atoms with Gasteiger partial charge in [-0.2, -0.15) is 0 Å². The van der Waals surface area contributed by atoms with E-state index in [1.54, 1.807) is 11.3 Å². The second-order valence-electron chi connectivity index (χ2n) is 6.66. The lowest BCUT2D eigenvalue weighted by molar-refractivity contribution is -0.118. The van der Waals surface area contributed by atoms with Crippen molar-refractivity contribution in [1.29, 1.82) is 0 Å². The van der Waals surface area contributed by atoms with E-state index in [0.29, 0.717) is 0 Å². The zero-order valence-corrected chi connectivity index (χ0v) is 14.8. The van der Waals surface area contributed by atoms with Gasteiger partial charge in [0.25, 0.3) is 0 Å². The Morgan fingerprint density at radius 2 is 2.13 bits per heavy atom. The van der Waals surface area contributed by atoms with Gasteiger partial charge in [-0.15, -0.1) is 11.3 Å². The van der Waals surface area contributed by atoms with Crippen LogP contribution in [0.4, 0.5) is 10.5 Å². The number of hydrogen-bond donors (Lipinski definition) is 1. The van der Waals surface area contributed by atoms with E-state index in [1.807, 2.05) is 37.1 Å². The smallest absolute Gasteiger partial charge is 0.412 e. The quantitative estimate of drug-likeness (QED) is 0.857. The number of carbonyl (C=O) groups is 2. The van der Waals surface area contributed by atoms with Crippen LogP contribution in [0.3, 0.4) is 0 Å². The highest BCUT2D eigenvalue weighted by Crippen LogP contribution is 2.25. The van der Waals surface area contributed by atoms with Crippen LogP contribution in [-0.2, 0) is 16.1 Å². The Bertz CT molecular complexity index is 539. The molecule has 23 heavy (non-hydrogen) atoms. The first kappa shape index (κ1) is 17.7. The molecule has 0 aliphatic carbocycles. The molecule has 0 radical (unpaired) electrons. The summed E-state index contributed by atoms with van der Waals surface area (Å²) in [5.41, 5.74) is 0.296. The summed E-state index contributed by atoms with van der Waals surface area (Å²) in [5, 5.41) is 4.80. The van der Waals surface area contributed by atoms with Crippen molar-refractivity contribution in [1.82, 2.24) is 9.80 Å². The van der Waals surface area contributed by atoms with Crippen LogP contribution in [0, 0.1) is 0 Å². The first-order chi connectivity index (χ1) is 10.9. The molecule has 1 aliphatic heterocycles. The Hall–Kier alpha value is -1.60. The summed E-state index contributed by atoms with van der Waals surface area (Å²) in [4.78, 5) is 28.0. The van der Waals surface area contributed by atoms with Gasteiger partial charge in [-0.05, 0) is 38.6 Å². The van der Waals surface area contributed by atoms with Crippen molar-refractivity contribution < 1.29 is 14.3 Å². The molecule has 1 saturated heterocycles. The fourth-order valence-corrected chi connectivity index (χ4v) is 3.32. The van der Waals surface area contributed by atoms with E-state index in [2.05, 4.69) is 10.2 Å². The molecule has 0 atom stereocenters. The monoisotopic (exact) mass is 339 g/mol. The third-order valence-electron chi connectivity index (χ3n) is 3.52. The van der Waals surface area contributed by atoms with Crippen LogP contribution < -0.4 is 5.32 Å². The van der Waals surface area contributed by atoms with Gasteiger partial charge in [0.2, 0.25) is 6.41 Å². The maximum Gasteiger partial charge on any atom is 0.412 e. The average molecular weight is 339 g/mol. The Morgan fingerprint density at radius 1 is 1.35 bits per heavy atom. The van der Waals surface area contributed by atoms with Crippen LogP contribution in [0.5, 0.6) is 0 Å². The summed E-state index contributed by atoms with van der Waals surface area (Å²) in [5.74, 6) is 0. The molecule has 0 bridgehead atoms. The van der Waals surface area contributed by atoms with E-state index in [-0.39, 0.29) is 0 Å². The lowest BCUT2D eigenvalue weighted by Gasteiger charge is -2.21. The number of ether oxygens (including phenoxy) is 1. The molecule has 2 rings (SSSR count). The molecule has 128 valence electrons. The molecular formula is C16H25N3O3S. The Balaban J connectivity index is 1.93. The number of amides is 2. The normalized spacial score (nSPS) is 16.7. The van der Waals surface area contributed by atoms with Gasteiger partial charge in [-0.25, -0.2) is 4.79 Å². The van der Waals surface area contributed by atoms with E-state index in [0.717, 1.165) is 56.1 Å². The largest absolute Gasteiger partial charge is 0.444 e. The number of hydrogen-bond acceptors (Lipinski definition) is 5. The summed E-state index contributed by atoms with van der Waals surface area (Å²) in [6, 6.07) is 1.90. The zero-order valence-electron chi connectivity index (χ0n) is 14.0. The Labute approximate surface area is 141 Å². The molecule has 2 heterocycles. The summed E-state index contributed by atoms with van der Waals surface area (Å²) in [6.07, 6.45) is 1.46. The molecule has 0 unspecified atom stereocenters. The molecule has 1 aromatic heterocycles. The Kier molecular flexibility index (Phi) is 6.01. The van der Waals surface area contributed by atoms with Gasteiger partial charge in [0.05, 0.1) is 5.69 Å². The van der Waals surface area contributed by atoms with E-state index < -0.39 is 11.7 Å². The minimum Gasteiger partial charge on any atom is -0.444 e. The van der Waals surface area contributed by atoms with Crippen molar-refractivity contribution in [3.63, 3.8) is 0 Å². The summed E-state index contributed by atoms with van der Waals surface area (Å²) in [7, 11) is 0. The molecule has 0 spiro atoms. The molecule has 2 amide bonds. The highest BCUT2D eigenvalue weighted by atomic mass is 32.1. The van der Waals surface area contributed by atoms with Crippen molar-refractivity contribution in [2.45, 2.75) is 39.3 Å². The van der Waals surface area contributed by atoms with Gasteiger partial charge >= 0.3 is 6.09 Å². The predicted octanol–water partition coefficient (Wildman–Crippen LogP) is 2.76. The number of nitrogens with one attached hydrogen (secondary N) is 1. The maximum atomic E-state index is 11.9. The lowest BCUT2D eigenvalue weighted by Crippen LogP contribution is -2.30. The standard InChI is InChI=1S/C16H25N3O3S/c1-16(2,3)22-15(21)17-13-5-10-23-14(13)11-18-6-4-7-19(12-20)9-8-18/h5,10,12H,4,6-9,11H2,1-3H3,(H,17,21). The minimum atomic E-state index is -0.511. The zero-order chi connectivity index (χ0) is 16.9. The molecule has 1 aliphatic rings. The van der Waals surface area contributed by atoms with Crippen molar-refractivity contribution in [3.05, 3.63) is 16.3 Å². The van der Waals surface area contributed by atoms with Gasteiger partial charge in [-0.3, -0.25) is 15.0 Å². The average Bonchev–Trinajstić information content (AvgIpc) is 2.74. The van der Waals surface area contributed by atoms with Crippen molar-refractivity contribution in [2.24, 2.45) is 0 Å². The van der Waals surface area contributed by atoms with Crippen LogP contribution in [0.2, 0.25) is 0 Å². The molecule has 1 aromatic rings. The van der Waals surface area contributed by atoms with Crippen molar-refractivity contribution >= 4 is 29.5 Å². The van der Waals surface area contributed by atoms with Gasteiger partial charge in [-0.1, -0.05) is 0 Å². The molecule has 1 N–H and O–H groups in total. The molecule has 1 fully saturated rings. The highest BCUT2D eigenvalue weighted by Gasteiger charge is 2.19. The fourth-order valence-electron chi connectivity index (χ4n) is 2.45. The van der Waals surface area contributed by atoms with E-state index in [1.165, 1.54) is 0 Å². The molecular weight excluding hydrogens is 314 g/mol. The summed E-state index contributed by atoms with van der Waals surface area (Å²) < 4.78 is 5.30. The van der Waals surface area contributed by atoms with Crippen molar-refractivity contribution in [3.8, 4) is 0 Å². The van der Waals surface area contributed by atoms with Crippen LogP contribution in [-0.4, -0.2) is 54.1 Å². The maximum absolute atomic E-state index is 11.9. The first-order valence-electron chi connectivity index (χ1n) is 7.85. The van der Waals surface area contributed by atoms with Crippen LogP contribution in [0.1, 0.15) is 32.1 Å². The van der Waals surface area contributed by atoms with Gasteiger partial charge < -0.3 is 9.64 Å². The van der Waals surface area contributed by atoms with E-state index in [4.69, 9.17) is 4.74 Å². The lowest BCUT2D eigenvalue weighted by atomic mass is 10.2. The van der Waals surface area contributed by atoms with Crippen LogP contribution in [0.15, 0.2) is 11.4 Å². The number of carbonyl (C=O) groups excluding carboxylic acids is 2. The number of nitrogens with zero attached hydrogens (tertiary/aromatic N) is 2. The fraction of sp³-hybridized carbons (Fsp3) is 0.625. The second kappa shape index (κ2) is 7.79. The third-order valence-corrected chi connectivity index (χ3v) is 4.43. The summed E-state index contributed by atoms with van der Waals surface area (Å²) in [6.45, 7) is 9.68. The third kappa shape index (κ3) is 5.84. The number of rotatable bonds is 4. The Morgan fingerprint density at radius 3 is 2.83 bits per heavy atom. The predicted molar refractivity (Wildman–Crippen MR) is 91.7 cm³/mol. The highest BCUT2D eigenvalue weighted by molar-refractivity contribution is 7.10. The van der Waals surface area contributed by atoms with Crippen molar-refractivity contribution in [2.75, 3.05) is 31.5 Å². The number of anilines is 1.